The van der Waals surface area contributed by atoms with Crippen LogP contribution in [-0.4, -0.2) is 27.9 Å². The molecule has 1 heterocycles. The molecule has 21 heavy (non-hydrogen) atoms. The van der Waals surface area contributed by atoms with Crippen molar-refractivity contribution in [2.24, 2.45) is 5.73 Å². The Hall–Kier alpha value is -2.08. The highest BCUT2D eigenvalue weighted by molar-refractivity contribution is 5.41. The third-order valence-corrected chi connectivity index (χ3v) is 3.17. The topological polar surface area (TPSA) is 75.2 Å². The minimum absolute atomic E-state index is 0.0695. The summed E-state index contributed by atoms with van der Waals surface area (Å²) in [6.07, 6.45) is 2.29. The van der Waals surface area contributed by atoms with Crippen molar-refractivity contribution < 1.29 is 9.47 Å². The Labute approximate surface area is 124 Å². The maximum absolute atomic E-state index is 5.91. The Balaban J connectivity index is 2.16. The lowest BCUT2D eigenvalue weighted by molar-refractivity contribution is 0.282. The van der Waals surface area contributed by atoms with Crippen molar-refractivity contribution in [3.05, 3.63) is 35.9 Å². The Morgan fingerprint density at radius 2 is 2.19 bits per heavy atom. The first-order valence-corrected chi connectivity index (χ1v) is 7.06. The number of ether oxygens (including phenoxy) is 2. The molecule has 114 valence electrons. The highest BCUT2D eigenvalue weighted by Gasteiger charge is 2.10. The molecular weight excluding hydrogens is 268 g/mol. The average molecular weight is 290 g/mol. The van der Waals surface area contributed by atoms with Gasteiger partial charge in [-0.15, -0.1) is 0 Å². The maximum atomic E-state index is 5.91. The first-order chi connectivity index (χ1) is 10.1. The van der Waals surface area contributed by atoms with Gasteiger partial charge in [0.2, 0.25) is 0 Å². The van der Waals surface area contributed by atoms with Gasteiger partial charge in [0.1, 0.15) is 24.4 Å². The number of aryl methyl sites for hydroxylation is 1. The van der Waals surface area contributed by atoms with E-state index in [1.54, 1.807) is 7.11 Å². The van der Waals surface area contributed by atoms with Gasteiger partial charge in [0.05, 0.1) is 7.11 Å². The fourth-order valence-electron chi connectivity index (χ4n) is 2.12. The summed E-state index contributed by atoms with van der Waals surface area (Å²) in [5.41, 5.74) is 6.95. The Bertz CT molecular complexity index is 581. The van der Waals surface area contributed by atoms with Crippen LogP contribution in [0.3, 0.4) is 0 Å². The summed E-state index contributed by atoms with van der Waals surface area (Å²) in [6, 6.07) is 5.85. The van der Waals surface area contributed by atoms with Crippen molar-refractivity contribution in [2.75, 3.05) is 7.11 Å². The molecule has 0 saturated heterocycles. The van der Waals surface area contributed by atoms with Gasteiger partial charge in [0.25, 0.3) is 0 Å². The Kier molecular flexibility index (Phi) is 5.16. The zero-order valence-corrected chi connectivity index (χ0v) is 12.7. The van der Waals surface area contributed by atoms with E-state index in [1.165, 1.54) is 6.33 Å². The molecule has 0 amide bonds. The predicted octanol–water partition coefficient (Wildman–Crippen LogP) is 1.78. The van der Waals surface area contributed by atoms with Gasteiger partial charge in [0.15, 0.2) is 5.82 Å². The molecule has 2 rings (SSSR count). The number of nitrogens with two attached hydrogens (primary N) is 1. The zero-order chi connectivity index (χ0) is 15.2. The van der Waals surface area contributed by atoms with Crippen LogP contribution in [0.5, 0.6) is 11.5 Å². The first kappa shape index (κ1) is 15.3. The Morgan fingerprint density at radius 3 is 2.86 bits per heavy atom. The van der Waals surface area contributed by atoms with Crippen LogP contribution in [-0.2, 0) is 19.6 Å². The van der Waals surface area contributed by atoms with E-state index in [0.29, 0.717) is 6.61 Å². The summed E-state index contributed by atoms with van der Waals surface area (Å²) in [6.45, 7) is 5.13. The van der Waals surface area contributed by atoms with Crippen molar-refractivity contribution in [3.63, 3.8) is 0 Å². The second-order valence-corrected chi connectivity index (χ2v) is 4.94. The van der Waals surface area contributed by atoms with Gasteiger partial charge < -0.3 is 15.2 Å². The molecule has 1 aromatic carbocycles. The largest absolute Gasteiger partial charge is 0.497 e. The van der Waals surface area contributed by atoms with Crippen molar-refractivity contribution in [1.82, 2.24) is 14.8 Å². The molecule has 6 nitrogen and oxygen atoms in total. The SMILES string of the molecule is CCn1ncnc1COc1cc(OC)ccc1CC(C)N. The lowest BCUT2D eigenvalue weighted by Crippen LogP contribution is -2.18. The molecule has 0 aliphatic carbocycles. The summed E-state index contributed by atoms with van der Waals surface area (Å²) in [5.74, 6) is 2.33. The van der Waals surface area contributed by atoms with Crippen LogP contribution in [0.2, 0.25) is 0 Å². The molecule has 6 heteroatoms. The van der Waals surface area contributed by atoms with E-state index in [0.717, 1.165) is 35.9 Å². The number of benzene rings is 1. The van der Waals surface area contributed by atoms with Crippen molar-refractivity contribution in [1.29, 1.82) is 0 Å². The number of methoxy groups -OCH3 is 1. The number of hydrogen-bond donors (Lipinski definition) is 1. The molecule has 0 saturated carbocycles. The summed E-state index contributed by atoms with van der Waals surface area (Å²) in [7, 11) is 1.64. The van der Waals surface area contributed by atoms with Gasteiger partial charge in [-0.05, 0) is 31.9 Å². The van der Waals surface area contributed by atoms with Crippen molar-refractivity contribution in [3.8, 4) is 11.5 Å². The molecule has 0 spiro atoms. The van der Waals surface area contributed by atoms with E-state index in [1.807, 2.05) is 36.7 Å². The van der Waals surface area contributed by atoms with Gasteiger partial charge in [-0.2, -0.15) is 5.10 Å². The molecule has 0 radical (unpaired) electrons. The fraction of sp³-hybridized carbons (Fsp3) is 0.467. The molecule has 1 atom stereocenters. The smallest absolute Gasteiger partial charge is 0.164 e. The minimum atomic E-state index is 0.0695. The van der Waals surface area contributed by atoms with E-state index in [9.17, 15) is 0 Å². The maximum Gasteiger partial charge on any atom is 0.164 e. The number of hydrogen-bond acceptors (Lipinski definition) is 5. The van der Waals surface area contributed by atoms with E-state index in [2.05, 4.69) is 10.1 Å². The lowest BCUT2D eigenvalue weighted by atomic mass is 10.1. The van der Waals surface area contributed by atoms with E-state index in [4.69, 9.17) is 15.2 Å². The second kappa shape index (κ2) is 7.08. The first-order valence-electron chi connectivity index (χ1n) is 7.06. The Morgan fingerprint density at radius 1 is 1.38 bits per heavy atom. The molecule has 2 N–H and O–H groups in total. The molecule has 1 unspecified atom stereocenters. The summed E-state index contributed by atoms with van der Waals surface area (Å²) in [4.78, 5) is 4.21. The third kappa shape index (κ3) is 3.95. The van der Waals surface area contributed by atoms with E-state index >= 15 is 0 Å². The van der Waals surface area contributed by atoms with Crippen LogP contribution in [0.4, 0.5) is 0 Å². The van der Waals surface area contributed by atoms with Gasteiger partial charge in [0, 0.05) is 18.7 Å². The van der Waals surface area contributed by atoms with Gasteiger partial charge in [-0.25, -0.2) is 9.67 Å². The van der Waals surface area contributed by atoms with E-state index in [-0.39, 0.29) is 6.04 Å². The normalized spacial score (nSPS) is 12.2. The zero-order valence-electron chi connectivity index (χ0n) is 12.7. The second-order valence-electron chi connectivity index (χ2n) is 4.94. The van der Waals surface area contributed by atoms with Crippen molar-refractivity contribution in [2.45, 2.75) is 39.5 Å². The molecule has 0 aliphatic rings. The fourth-order valence-corrected chi connectivity index (χ4v) is 2.12. The highest BCUT2D eigenvalue weighted by Crippen LogP contribution is 2.26. The molecular formula is C15H22N4O2. The molecule has 2 aromatic rings. The third-order valence-electron chi connectivity index (χ3n) is 3.17. The molecule has 0 fully saturated rings. The average Bonchev–Trinajstić information content (AvgIpc) is 2.93. The predicted molar refractivity (Wildman–Crippen MR) is 80.4 cm³/mol. The number of nitrogens with zero attached hydrogens (tertiary/aromatic N) is 3. The van der Waals surface area contributed by atoms with Crippen molar-refractivity contribution >= 4 is 0 Å². The highest BCUT2D eigenvalue weighted by atomic mass is 16.5. The summed E-state index contributed by atoms with van der Waals surface area (Å²) < 4.78 is 13.0. The molecule has 1 aromatic heterocycles. The van der Waals surface area contributed by atoms with Crippen LogP contribution >= 0.6 is 0 Å². The number of rotatable bonds is 7. The molecule has 0 aliphatic heterocycles. The minimum Gasteiger partial charge on any atom is -0.497 e. The monoisotopic (exact) mass is 290 g/mol. The van der Waals surface area contributed by atoms with Crippen LogP contribution in [0.25, 0.3) is 0 Å². The van der Waals surface area contributed by atoms with Crippen LogP contribution in [0, 0.1) is 0 Å². The van der Waals surface area contributed by atoms with Crippen LogP contribution in [0.1, 0.15) is 25.2 Å². The summed E-state index contributed by atoms with van der Waals surface area (Å²) >= 11 is 0. The van der Waals surface area contributed by atoms with Gasteiger partial charge in [-0.1, -0.05) is 6.07 Å². The van der Waals surface area contributed by atoms with E-state index < -0.39 is 0 Å². The summed E-state index contributed by atoms with van der Waals surface area (Å²) in [5, 5.41) is 4.13. The van der Waals surface area contributed by atoms with Gasteiger partial charge in [-0.3, -0.25) is 0 Å². The quantitative estimate of drug-likeness (QED) is 0.841. The van der Waals surface area contributed by atoms with Crippen LogP contribution < -0.4 is 15.2 Å². The molecule has 0 bridgehead atoms. The van der Waals surface area contributed by atoms with Gasteiger partial charge >= 0.3 is 0 Å². The lowest BCUT2D eigenvalue weighted by Gasteiger charge is -2.14. The number of aromatic nitrogens is 3. The van der Waals surface area contributed by atoms with Crippen LogP contribution in [0.15, 0.2) is 24.5 Å². The standard InChI is InChI=1S/C15H22N4O2/c1-4-19-15(17-10-18-19)9-21-14-8-13(20-3)6-5-12(14)7-11(2)16/h5-6,8,10-11H,4,7,9,16H2,1-3H3.